The molecule has 0 atom stereocenters. The summed E-state index contributed by atoms with van der Waals surface area (Å²) in [6.07, 6.45) is 1.37. The largest absolute Gasteiger partial charge is 0.493 e. The molecule has 0 amide bonds. The SMILES string of the molecule is CS(=O)(=O)CCCOc1cc(F)cc(C(=O)O)c1. The summed E-state index contributed by atoms with van der Waals surface area (Å²) in [6, 6.07) is 3.12. The lowest BCUT2D eigenvalue weighted by Gasteiger charge is -2.06. The van der Waals surface area contributed by atoms with Gasteiger partial charge >= 0.3 is 5.97 Å². The molecule has 0 saturated heterocycles. The van der Waals surface area contributed by atoms with Crippen molar-refractivity contribution in [1.29, 1.82) is 0 Å². The van der Waals surface area contributed by atoms with Crippen LogP contribution in [-0.2, 0) is 9.84 Å². The molecule has 0 unspecified atom stereocenters. The molecule has 5 nitrogen and oxygen atoms in total. The fourth-order valence-electron chi connectivity index (χ4n) is 1.28. The van der Waals surface area contributed by atoms with Gasteiger partial charge in [-0.15, -0.1) is 0 Å². The first-order valence-electron chi connectivity index (χ1n) is 5.12. The zero-order chi connectivity index (χ0) is 13.8. The third kappa shape index (κ3) is 5.13. The summed E-state index contributed by atoms with van der Waals surface area (Å²) >= 11 is 0. The normalized spacial score (nSPS) is 11.2. The van der Waals surface area contributed by atoms with Crippen LogP contribution >= 0.6 is 0 Å². The molecule has 0 aliphatic rings. The number of hydrogen-bond donors (Lipinski definition) is 1. The second-order valence-electron chi connectivity index (χ2n) is 3.81. The topological polar surface area (TPSA) is 80.7 Å². The van der Waals surface area contributed by atoms with Gasteiger partial charge in [0.2, 0.25) is 0 Å². The quantitative estimate of drug-likeness (QED) is 0.793. The van der Waals surface area contributed by atoms with Crippen LogP contribution in [0.5, 0.6) is 5.75 Å². The van der Waals surface area contributed by atoms with Crippen molar-refractivity contribution >= 4 is 15.8 Å². The molecule has 0 radical (unpaired) electrons. The highest BCUT2D eigenvalue weighted by atomic mass is 32.2. The monoisotopic (exact) mass is 276 g/mol. The second-order valence-corrected chi connectivity index (χ2v) is 6.07. The highest BCUT2D eigenvalue weighted by molar-refractivity contribution is 7.90. The Kier molecular flexibility index (Phi) is 4.66. The first-order chi connectivity index (χ1) is 8.28. The average molecular weight is 276 g/mol. The second kappa shape index (κ2) is 5.81. The van der Waals surface area contributed by atoms with E-state index in [1.165, 1.54) is 6.07 Å². The molecule has 0 aromatic heterocycles. The molecule has 1 rings (SSSR count). The Morgan fingerprint density at radius 1 is 1.39 bits per heavy atom. The van der Waals surface area contributed by atoms with Gasteiger partial charge in [0.1, 0.15) is 21.4 Å². The van der Waals surface area contributed by atoms with Gasteiger partial charge in [0.05, 0.1) is 17.9 Å². The summed E-state index contributed by atoms with van der Waals surface area (Å²) in [5, 5.41) is 8.71. The van der Waals surface area contributed by atoms with E-state index in [-0.39, 0.29) is 30.1 Å². The Morgan fingerprint density at radius 3 is 2.61 bits per heavy atom. The van der Waals surface area contributed by atoms with Crippen LogP contribution in [0.2, 0.25) is 0 Å². The van der Waals surface area contributed by atoms with E-state index in [0.29, 0.717) is 0 Å². The summed E-state index contributed by atoms with van der Waals surface area (Å²) in [5.74, 6) is -1.93. The van der Waals surface area contributed by atoms with Crippen LogP contribution in [0, 0.1) is 5.82 Å². The average Bonchev–Trinajstić information content (AvgIpc) is 2.22. The predicted octanol–water partition coefficient (Wildman–Crippen LogP) is 1.34. The third-order valence-corrected chi connectivity index (χ3v) is 3.08. The minimum Gasteiger partial charge on any atom is -0.493 e. The standard InChI is InChI=1S/C11H13FO5S/c1-18(15,16)4-2-3-17-10-6-8(11(13)14)5-9(12)7-10/h5-7H,2-4H2,1H3,(H,13,14). The molecule has 7 heteroatoms. The van der Waals surface area contributed by atoms with Crippen molar-refractivity contribution in [3.8, 4) is 5.75 Å². The van der Waals surface area contributed by atoms with Gasteiger partial charge in [-0.3, -0.25) is 0 Å². The summed E-state index contributed by atoms with van der Waals surface area (Å²) in [6.45, 7) is 0.0790. The van der Waals surface area contributed by atoms with Crippen molar-refractivity contribution in [2.24, 2.45) is 0 Å². The van der Waals surface area contributed by atoms with E-state index >= 15 is 0 Å². The molecule has 100 valence electrons. The van der Waals surface area contributed by atoms with E-state index in [0.717, 1.165) is 18.4 Å². The molecule has 0 spiro atoms. The number of carbonyl (C=O) groups is 1. The smallest absolute Gasteiger partial charge is 0.335 e. The highest BCUT2D eigenvalue weighted by Crippen LogP contribution is 2.16. The maximum Gasteiger partial charge on any atom is 0.335 e. The fourth-order valence-corrected chi connectivity index (χ4v) is 1.92. The maximum atomic E-state index is 13.0. The minimum atomic E-state index is -3.06. The molecular formula is C11H13FO5S. The Balaban J connectivity index is 2.60. The van der Waals surface area contributed by atoms with E-state index in [1.54, 1.807) is 0 Å². The van der Waals surface area contributed by atoms with Crippen molar-refractivity contribution in [2.45, 2.75) is 6.42 Å². The number of halogens is 1. The van der Waals surface area contributed by atoms with E-state index in [2.05, 4.69) is 0 Å². The van der Waals surface area contributed by atoms with Crippen LogP contribution in [0.4, 0.5) is 4.39 Å². The van der Waals surface area contributed by atoms with E-state index in [1.807, 2.05) is 0 Å². The summed E-state index contributed by atoms with van der Waals surface area (Å²) in [5.41, 5.74) is -0.215. The van der Waals surface area contributed by atoms with Crippen molar-refractivity contribution < 1.29 is 27.4 Å². The van der Waals surface area contributed by atoms with Crippen LogP contribution in [0.15, 0.2) is 18.2 Å². The van der Waals surface area contributed by atoms with Gasteiger partial charge in [-0.25, -0.2) is 17.6 Å². The van der Waals surface area contributed by atoms with Gasteiger partial charge in [-0.05, 0) is 18.6 Å². The van der Waals surface area contributed by atoms with Crippen molar-refractivity contribution in [3.05, 3.63) is 29.6 Å². The minimum absolute atomic E-state index is 0.0336. The van der Waals surface area contributed by atoms with E-state index in [9.17, 15) is 17.6 Å². The number of rotatable bonds is 6. The molecule has 0 fully saturated rings. The Bertz CT molecular complexity index is 538. The third-order valence-electron chi connectivity index (χ3n) is 2.05. The predicted molar refractivity (Wildman–Crippen MR) is 63.2 cm³/mol. The Morgan fingerprint density at radius 2 is 2.06 bits per heavy atom. The molecule has 0 heterocycles. The lowest BCUT2D eigenvalue weighted by molar-refractivity contribution is 0.0695. The lowest BCUT2D eigenvalue weighted by atomic mass is 10.2. The number of aromatic carboxylic acids is 1. The first kappa shape index (κ1) is 14.4. The molecule has 1 aromatic carbocycles. The van der Waals surface area contributed by atoms with Gasteiger partial charge in [0.25, 0.3) is 0 Å². The summed E-state index contributed by atoms with van der Waals surface area (Å²) < 4.78 is 39.8. The van der Waals surface area contributed by atoms with Gasteiger partial charge in [0, 0.05) is 12.3 Å². The fraction of sp³-hybridized carbons (Fsp3) is 0.364. The van der Waals surface area contributed by atoms with E-state index in [4.69, 9.17) is 9.84 Å². The summed E-state index contributed by atoms with van der Waals surface area (Å²) in [4.78, 5) is 10.7. The molecule has 0 saturated carbocycles. The van der Waals surface area contributed by atoms with E-state index < -0.39 is 21.6 Å². The molecular weight excluding hydrogens is 263 g/mol. The van der Waals surface area contributed by atoms with Crippen molar-refractivity contribution in [3.63, 3.8) is 0 Å². The van der Waals surface area contributed by atoms with Gasteiger partial charge < -0.3 is 9.84 Å². The molecule has 0 aliphatic carbocycles. The van der Waals surface area contributed by atoms with Crippen LogP contribution < -0.4 is 4.74 Å². The number of sulfone groups is 1. The van der Waals surface area contributed by atoms with Crippen LogP contribution in [0.25, 0.3) is 0 Å². The van der Waals surface area contributed by atoms with Crippen LogP contribution in [-0.4, -0.2) is 38.1 Å². The Hall–Kier alpha value is -1.63. The van der Waals surface area contributed by atoms with Gasteiger partial charge in [-0.2, -0.15) is 0 Å². The number of carboxylic acids is 1. The molecule has 18 heavy (non-hydrogen) atoms. The highest BCUT2D eigenvalue weighted by Gasteiger charge is 2.08. The number of benzene rings is 1. The van der Waals surface area contributed by atoms with Gasteiger partial charge in [0.15, 0.2) is 0 Å². The number of hydrogen-bond acceptors (Lipinski definition) is 4. The molecule has 1 aromatic rings. The summed E-state index contributed by atoms with van der Waals surface area (Å²) in [7, 11) is -3.06. The zero-order valence-corrected chi connectivity index (χ0v) is 10.5. The lowest BCUT2D eigenvalue weighted by Crippen LogP contribution is -2.08. The maximum absolute atomic E-state index is 13.0. The van der Waals surface area contributed by atoms with Crippen LogP contribution in [0.3, 0.4) is 0 Å². The molecule has 0 aliphatic heterocycles. The van der Waals surface area contributed by atoms with Crippen molar-refractivity contribution in [1.82, 2.24) is 0 Å². The number of ether oxygens (including phenoxy) is 1. The number of carboxylic acid groups (broad SMARTS) is 1. The Labute approximate surface area is 104 Å². The van der Waals surface area contributed by atoms with Crippen molar-refractivity contribution in [2.75, 3.05) is 18.6 Å². The zero-order valence-electron chi connectivity index (χ0n) is 9.72. The molecule has 0 bridgehead atoms. The van der Waals surface area contributed by atoms with Crippen LogP contribution in [0.1, 0.15) is 16.8 Å². The molecule has 1 N–H and O–H groups in total. The first-order valence-corrected chi connectivity index (χ1v) is 7.18. The van der Waals surface area contributed by atoms with Gasteiger partial charge in [-0.1, -0.05) is 0 Å².